The highest BCUT2D eigenvalue weighted by atomic mass is 35.5. The Bertz CT molecular complexity index is 1170. The van der Waals surface area contributed by atoms with Crippen LogP contribution in [-0.4, -0.2) is 41.2 Å². The Hall–Kier alpha value is -2.33. The van der Waals surface area contributed by atoms with Gasteiger partial charge in [-0.15, -0.1) is 0 Å². The number of halogens is 2. The second-order valence-electron chi connectivity index (χ2n) is 6.49. The van der Waals surface area contributed by atoms with E-state index in [1.807, 2.05) is 0 Å². The maximum absolute atomic E-state index is 13.0. The molecule has 0 bridgehead atoms. The Morgan fingerprint density at radius 3 is 2.43 bits per heavy atom. The Kier molecular flexibility index (Phi) is 5.53. The largest absolute Gasteiger partial charge is 0.366 e. The van der Waals surface area contributed by atoms with Gasteiger partial charge in [-0.3, -0.25) is 13.9 Å². The van der Waals surface area contributed by atoms with Gasteiger partial charge in [-0.05, 0) is 24.6 Å². The normalized spacial score (nSPS) is 12.7. The summed E-state index contributed by atoms with van der Waals surface area (Å²) < 4.78 is 3.82. The van der Waals surface area contributed by atoms with Crippen LogP contribution in [0.15, 0.2) is 27.8 Å². The standard InChI is InChI=1S/C17H19Cl2N5O4/c1-8(15(26)27)20-16-21-13-12(22(16)2)14(25)24(17(28)23(13)3)7-9-4-5-10(18)11(19)6-9/h4-6,8,15,26-27H,7H2,1-3H3,(H,20,21)/t8-/m1/s1. The molecule has 0 saturated heterocycles. The monoisotopic (exact) mass is 427 g/mol. The summed E-state index contributed by atoms with van der Waals surface area (Å²) >= 11 is 11.9. The summed E-state index contributed by atoms with van der Waals surface area (Å²) in [7, 11) is 3.11. The van der Waals surface area contributed by atoms with E-state index >= 15 is 0 Å². The molecule has 2 heterocycles. The molecule has 9 nitrogen and oxygen atoms in total. The second-order valence-corrected chi connectivity index (χ2v) is 7.31. The summed E-state index contributed by atoms with van der Waals surface area (Å²) in [6.07, 6.45) is -1.62. The number of rotatable bonds is 5. The maximum atomic E-state index is 13.0. The van der Waals surface area contributed by atoms with Crippen molar-refractivity contribution >= 4 is 40.3 Å². The number of hydrogen-bond acceptors (Lipinski definition) is 6. The number of aliphatic hydroxyl groups excluding tert-OH is 1. The first-order valence-electron chi connectivity index (χ1n) is 8.34. The number of fused-ring (bicyclic) bond motifs is 1. The summed E-state index contributed by atoms with van der Waals surface area (Å²) in [5.41, 5.74) is -0.0345. The van der Waals surface area contributed by atoms with E-state index in [0.29, 0.717) is 15.6 Å². The smallest absolute Gasteiger partial charge is 0.332 e. The first-order valence-corrected chi connectivity index (χ1v) is 9.10. The lowest BCUT2D eigenvalue weighted by molar-refractivity contribution is -0.0493. The van der Waals surface area contributed by atoms with Crippen LogP contribution in [0.25, 0.3) is 11.2 Å². The Balaban J connectivity index is 2.15. The van der Waals surface area contributed by atoms with Gasteiger partial charge in [0.1, 0.15) is 0 Å². The minimum Gasteiger partial charge on any atom is -0.366 e. The fourth-order valence-corrected chi connectivity index (χ4v) is 3.13. The fraction of sp³-hybridized carbons (Fsp3) is 0.353. The minimum absolute atomic E-state index is 0.0119. The van der Waals surface area contributed by atoms with E-state index in [9.17, 15) is 19.8 Å². The lowest BCUT2D eigenvalue weighted by atomic mass is 10.2. The van der Waals surface area contributed by atoms with Crippen molar-refractivity contribution in [2.45, 2.75) is 25.8 Å². The Morgan fingerprint density at radius 2 is 1.82 bits per heavy atom. The molecule has 1 atom stereocenters. The van der Waals surface area contributed by atoms with Crippen molar-refractivity contribution in [1.82, 2.24) is 18.7 Å². The molecule has 0 aliphatic carbocycles. The van der Waals surface area contributed by atoms with Crippen molar-refractivity contribution in [3.8, 4) is 0 Å². The molecule has 28 heavy (non-hydrogen) atoms. The Labute approximate surface area is 169 Å². The number of aryl methyl sites for hydroxylation is 2. The van der Waals surface area contributed by atoms with E-state index in [1.165, 1.54) is 16.2 Å². The highest BCUT2D eigenvalue weighted by Crippen LogP contribution is 2.23. The fourth-order valence-electron chi connectivity index (χ4n) is 2.81. The molecule has 0 spiro atoms. The summed E-state index contributed by atoms with van der Waals surface area (Å²) in [4.78, 5) is 30.0. The van der Waals surface area contributed by atoms with E-state index in [0.717, 1.165) is 4.57 Å². The third-order valence-electron chi connectivity index (χ3n) is 4.49. The Morgan fingerprint density at radius 1 is 1.14 bits per heavy atom. The van der Waals surface area contributed by atoms with E-state index in [1.54, 1.807) is 32.2 Å². The van der Waals surface area contributed by atoms with Gasteiger partial charge in [0, 0.05) is 14.1 Å². The van der Waals surface area contributed by atoms with Gasteiger partial charge in [0.15, 0.2) is 17.5 Å². The molecule has 0 radical (unpaired) electrons. The molecular formula is C17H19Cl2N5O4. The molecule has 0 aliphatic rings. The zero-order valence-electron chi connectivity index (χ0n) is 15.3. The number of nitrogens with zero attached hydrogens (tertiary/aromatic N) is 4. The van der Waals surface area contributed by atoms with Crippen LogP contribution in [0.4, 0.5) is 5.95 Å². The van der Waals surface area contributed by atoms with Crippen LogP contribution in [0.3, 0.4) is 0 Å². The SMILES string of the molecule is C[C@@H](Nc1nc2c(c(=O)n(Cc3ccc(Cl)c(Cl)c3)c(=O)n2C)n1C)C(O)O. The quantitative estimate of drug-likeness (QED) is 0.521. The molecule has 11 heteroatoms. The zero-order valence-corrected chi connectivity index (χ0v) is 16.9. The molecule has 0 unspecified atom stereocenters. The third-order valence-corrected chi connectivity index (χ3v) is 5.23. The van der Waals surface area contributed by atoms with E-state index in [-0.39, 0.29) is 23.7 Å². The number of benzene rings is 1. The molecule has 2 aromatic heterocycles. The molecule has 3 rings (SSSR count). The second kappa shape index (κ2) is 7.59. The van der Waals surface area contributed by atoms with Crippen LogP contribution in [-0.2, 0) is 20.6 Å². The molecule has 3 aromatic rings. The van der Waals surface area contributed by atoms with E-state index in [4.69, 9.17) is 23.2 Å². The molecule has 150 valence electrons. The lowest BCUT2D eigenvalue weighted by Crippen LogP contribution is -2.39. The van der Waals surface area contributed by atoms with Crippen LogP contribution >= 0.6 is 23.2 Å². The number of nitrogens with one attached hydrogen (secondary N) is 1. The molecule has 0 aliphatic heterocycles. The maximum Gasteiger partial charge on any atom is 0.332 e. The highest BCUT2D eigenvalue weighted by Gasteiger charge is 2.21. The van der Waals surface area contributed by atoms with Crippen molar-refractivity contribution in [1.29, 1.82) is 0 Å². The van der Waals surface area contributed by atoms with Gasteiger partial charge in [0.05, 0.1) is 22.6 Å². The minimum atomic E-state index is -1.62. The number of hydrogen-bond donors (Lipinski definition) is 3. The highest BCUT2D eigenvalue weighted by molar-refractivity contribution is 6.42. The molecule has 0 saturated carbocycles. The summed E-state index contributed by atoms with van der Waals surface area (Å²) in [5, 5.41) is 22.1. The molecule has 3 N–H and O–H groups in total. The first-order chi connectivity index (χ1) is 13.1. The summed E-state index contributed by atoms with van der Waals surface area (Å²) in [6.45, 7) is 1.56. The van der Waals surface area contributed by atoms with Gasteiger partial charge < -0.3 is 20.1 Å². The van der Waals surface area contributed by atoms with Gasteiger partial charge >= 0.3 is 5.69 Å². The van der Waals surface area contributed by atoms with Crippen LogP contribution < -0.4 is 16.6 Å². The molecule has 1 aromatic carbocycles. The number of aliphatic hydroxyl groups is 2. The van der Waals surface area contributed by atoms with Gasteiger partial charge in [0.25, 0.3) is 5.56 Å². The van der Waals surface area contributed by atoms with Gasteiger partial charge in [-0.1, -0.05) is 29.3 Å². The van der Waals surface area contributed by atoms with Crippen molar-refractivity contribution in [3.05, 3.63) is 54.6 Å². The van der Waals surface area contributed by atoms with E-state index in [2.05, 4.69) is 10.3 Å². The topological polar surface area (TPSA) is 114 Å². The van der Waals surface area contributed by atoms with Crippen LogP contribution in [0.5, 0.6) is 0 Å². The third kappa shape index (κ3) is 3.53. The summed E-state index contributed by atoms with van der Waals surface area (Å²) in [6, 6.07) is 4.15. The van der Waals surface area contributed by atoms with Crippen molar-refractivity contribution in [2.24, 2.45) is 14.1 Å². The van der Waals surface area contributed by atoms with Crippen molar-refractivity contribution in [2.75, 3.05) is 5.32 Å². The molecule has 0 amide bonds. The lowest BCUT2D eigenvalue weighted by Gasteiger charge is -2.15. The van der Waals surface area contributed by atoms with E-state index < -0.39 is 23.6 Å². The predicted octanol–water partition coefficient (Wildman–Crippen LogP) is 0.900. The van der Waals surface area contributed by atoms with Gasteiger partial charge in [-0.2, -0.15) is 4.98 Å². The number of aromatic nitrogens is 4. The average molecular weight is 428 g/mol. The number of anilines is 1. The average Bonchev–Trinajstić information content (AvgIpc) is 2.96. The van der Waals surface area contributed by atoms with Gasteiger partial charge in [0.2, 0.25) is 5.95 Å². The van der Waals surface area contributed by atoms with Crippen LogP contribution in [0, 0.1) is 0 Å². The molecule has 0 fully saturated rings. The summed E-state index contributed by atoms with van der Waals surface area (Å²) in [5.74, 6) is 0.231. The van der Waals surface area contributed by atoms with Crippen molar-refractivity contribution < 1.29 is 10.2 Å². The number of imidazole rings is 1. The van der Waals surface area contributed by atoms with Crippen LogP contribution in [0.2, 0.25) is 10.0 Å². The van der Waals surface area contributed by atoms with Crippen LogP contribution in [0.1, 0.15) is 12.5 Å². The van der Waals surface area contributed by atoms with Crippen molar-refractivity contribution in [3.63, 3.8) is 0 Å². The predicted molar refractivity (Wildman–Crippen MR) is 107 cm³/mol. The first kappa shape index (κ1) is 20.4. The zero-order chi connectivity index (χ0) is 20.7. The van der Waals surface area contributed by atoms with Gasteiger partial charge in [-0.25, -0.2) is 4.79 Å². The molecular weight excluding hydrogens is 409 g/mol.